The van der Waals surface area contributed by atoms with Crippen LogP contribution in [0.15, 0.2) is 78.9 Å². The number of benzene rings is 3. The summed E-state index contributed by atoms with van der Waals surface area (Å²) < 4.78 is 0. The van der Waals surface area contributed by atoms with Crippen LogP contribution in [-0.2, 0) is 11.2 Å². The molecular formula is C24H24N2O2. The van der Waals surface area contributed by atoms with Crippen molar-refractivity contribution in [3.8, 4) is 11.1 Å². The Bertz CT molecular complexity index is 938. The van der Waals surface area contributed by atoms with Crippen LogP contribution in [0.25, 0.3) is 11.1 Å². The molecule has 1 atom stereocenters. The van der Waals surface area contributed by atoms with E-state index in [4.69, 9.17) is 5.21 Å². The summed E-state index contributed by atoms with van der Waals surface area (Å²) in [5, 5.41) is 8.83. The van der Waals surface area contributed by atoms with Crippen LogP contribution in [0.1, 0.15) is 29.2 Å². The van der Waals surface area contributed by atoms with E-state index in [0.29, 0.717) is 6.54 Å². The molecule has 1 unspecified atom stereocenters. The van der Waals surface area contributed by atoms with Crippen molar-refractivity contribution in [2.75, 3.05) is 13.1 Å². The van der Waals surface area contributed by atoms with Crippen LogP contribution in [0.5, 0.6) is 0 Å². The smallest absolute Gasteiger partial charge is 0.244 e. The maximum Gasteiger partial charge on any atom is 0.244 e. The van der Waals surface area contributed by atoms with Gasteiger partial charge in [-0.05, 0) is 34.2 Å². The zero-order valence-corrected chi connectivity index (χ0v) is 15.7. The molecule has 0 saturated carbocycles. The van der Waals surface area contributed by atoms with Gasteiger partial charge >= 0.3 is 0 Å². The molecule has 142 valence electrons. The molecule has 1 heterocycles. The molecule has 0 radical (unpaired) electrons. The van der Waals surface area contributed by atoms with Crippen molar-refractivity contribution < 1.29 is 10.0 Å². The standard InChI is InChI=1S/C24H24N2O2/c27-23(25-28)15-17-26-16-14-20-8-4-5-9-22(20)24(26)21-12-10-19(11-13-21)18-6-2-1-3-7-18/h1-13,24,28H,14-17H2,(H,25,27). The normalized spacial score (nSPS) is 16.4. The molecule has 3 aromatic carbocycles. The number of amides is 1. The van der Waals surface area contributed by atoms with Crippen LogP contribution in [0.4, 0.5) is 0 Å². The number of hydrogen-bond acceptors (Lipinski definition) is 3. The van der Waals surface area contributed by atoms with E-state index in [1.165, 1.54) is 27.8 Å². The second-order valence-corrected chi connectivity index (χ2v) is 7.16. The van der Waals surface area contributed by atoms with E-state index in [0.717, 1.165) is 13.0 Å². The average Bonchev–Trinajstić information content (AvgIpc) is 2.77. The number of hydrogen-bond donors (Lipinski definition) is 2. The molecule has 0 bridgehead atoms. The molecular weight excluding hydrogens is 348 g/mol. The molecule has 0 aromatic heterocycles. The molecule has 1 aliphatic heterocycles. The molecule has 0 aliphatic carbocycles. The van der Waals surface area contributed by atoms with E-state index in [-0.39, 0.29) is 18.4 Å². The Balaban J connectivity index is 1.65. The monoisotopic (exact) mass is 372 g/mol. The minimum atomic E-state index is -0.350. The SMILES string of the molecule is O=C(CCN1CCc2ccccc2C1c1ccc(-c2ccccc2)cc1)NO. The number of carbonyl (C=O) groups is 1. The van der Waals surface area contributed by atoms with Crippen molar-refractivity contribution in [1.29, 1.82) is 0 Å². The van der Waals surface area contributed by atoms with Gasteiger partial charge in [-0.2, -0.15) is 0 Å². The van der Waals surface area contributed by atoms with Gasteiger partial charge in [0.1, 0.15) is 0 Å². The predicted octanol–water partition coefficient (Wildman–Crippen LogP) is 4.20. The number of nitrogens with zero attached hydrogens (tertiary/aromatic N) is 1. The molecule has 28 heavy (non-hydrogen) atoms. The lowest BCUT2D eigenvalue weighted by molar-refractivity contribution is -0.129. The first-order chi connectivity index (χ1) is 13.8. The van der Waals surface area contributed by atoms with Gasteiger partial charge in [0, 0.05) is 19.5 Å². The van der Waals surface area contributed by atoms with Crippen molar-refractivity contribution >= 4 is 5.91 Å². The molecule has 0 fully saturated rings. The fraction of sp³-hybridized carbons (Fsp3) is 0.208. The van der Waals surface area contributed by atoms with Crippen LogP contribution in [-0.4, -0.2) is 29.1 Å². The first-order valence-corrected chi connectivity index (χ1v) is 9.66. The number of rotatable bonds is 5. The molecule has 4 rings (SSSR count). The Morgan fingerprint density at radius 1 is 0.929 bits per heavy atom. The Morgan fingerprint density at radius 3 is 2.36 bits per heavy atom. The highest BCUT2D eigenvalue weighted by Gasteiger charge is 2.28. The van der Waals surface area contributed by atoms with Gasteiger partial charge in [-0.1, -0.05) is 78.9 Å². The lowest BCUT2D eigenvalue weighted by Gasteiger charge is -2.37. The van der Waals surface area contributed by atoms with E-state index in [1.807, 2.05) is 6.07 Å². The Kier molecular flexibility index (Phi) is 5.51. The van der Waals surface area contributed by atoms with Crippen LogP contribution in [0, 0.1) is 0 Å². The summed E-state index contributed by atoms with van der Waals surface area (Å²) in [7, 11) is 0. The van der Waals surface area contributed by atoms with Crippen molar-refractivity contribution in [3.63, 3.8) is 0 Å². The number of hydroxylamine groups is 1. The second-order valence-electron chi connectivity index (χ2n) is 7.16. The summed E-state index contributed by atoms with van der Waals surface area (Å²) >= 11 is 0. The fourth-order valence-electron chi connectivity index (χ4n) is 4.04. The Labute approximate surface area is 165 Å². The van der Waals surface area contributed by atoms with E-state index >= 15 is 0 Å². The van der Waals surface area contributed by atoms with Crippen molar-refractivity contribution in [3.05, 3.63) is 95.6 Å². The van der Waals surface area contributed by atoms with Gasteiger partial charge < -0.3 is 0 Å². The first kappa shape index (κ1) is 18.4. The minimum absolute atomic E-state index is 0.112. The van der Waals surface area contributed by atoms with Crippen LogP contribution < -0.4 is 5.48 Å². The maximum absolute atomic E-state index is 11.6. The van der Waals surface area contributed by atoms with Gasteiger partial charge in [-0.3, -0.25) is 14.9 Å². The molecule has 1 amide bonds. The largest absolute Gasteiger partial charge is 0.292 e. The zero-order chi connectivity index (χ0) is 19.3. The van der Waals surface area contributed by atoms with Gasteiger partial charge in [0.25, 0.3) is 0 Å². The highest BCUT2D eigenvalue weighted by atomic mass is 16.5. The zero-order valence-electron chi connectivity index (χ0n) is 15.7. The molecule has 0 saturated heterocycles. The van der Waals surface area contributed by atoms with Crippen molar-refractivity contribution in [2.24, 2.45) is 0 Å². The predicted molar refractivity (Wildman–Crippen MR) is 110 cm³/mol. The summed E-state index contributed by atoms with van der Waals surface area (Å²) in [6.07, 6.45) is 1.24. The van der Waals surface area contributed by atoms with Gasteiger partial charge in [0.2, 0.25) is 5.91 Å². The molecule has 4 heteroatoms. The molecule has 1 aliphatic rings. The van der Waals surface area contributed by atoms with E-state index < -0.39 is 0 Å². The quantitative estimate of drug-likeness (QED) is 0.521. The van der Waals surface area contributed by atoms with Crippen LogP contribution in [0.2, 0.25) is 0 Å². The number of fused-ring (bicyclic) bond motifs is 1. The fourth-order valence-corrected chi connectivity index (χ4v) is 4.04. The van der Waals surface area contributed by atoms with E-state index in [1.54, 1.807) is 5.48 Å². The summed E-state index contributed by atoms with van der Waals surface area (Å²) in [6.45, 7) is 1.49. The van der Waals surface area contributed by atoms with Gasteiger partial charge in [0.15, 0.2) is 0 Å². The molecule has 3 aromatic rings. The van der Waals surface area contributed by atoms with Crippen molar-refractivity contribution in [2.45, 2.75) is 18.9 Å². The third-order valence-corrected chi connectivity index (χ3v) is 5.47. The van der Waals surface area contributed by atoms with E-state index in [2.05, 4.69) is 77.7 Å². The number of carbonyl (C=O) groups excluding carboxylic acids is 1. The summed E-state index contributed by atoms with van der Waals surface area (Å²) in [5.74, 6) is -0.350. The Morgan fingerprint density at radius 2 is 1.61 bits per heavy atom. The topological polar surface area (TPSA) is 52.6 Å². The molecule has 2 N–H and O–H groups in total. The van der Waals surface area contributed by atoms with Crippen LogP contribution in [0.3, 0.4) is 0 Å². The summed E-state index contributed by atoms with van der Waals surface area (Å²) in [4.78, 5) is 13.9. The minimum Gasteiger partial charge on any atom is -0.292 e. The highest BCUT2D eigenvalue weighted by Crippen LogP contribution is 2.36. The van der Waals surface area contributed by atoms with Gasteiger partial charge in [-0.15, -0.1) is 0 Å². The average molecular weight is 372 g/mol. The molecule has 0 spiro atoms. The lowest BCUT2D eigenvalue weighted by Crippen LogP contribution is -2.38. The van der Waals surface area contributed by atoms with Gasteiger partial charge in [0.05, 0.1) is 6.04 Å². The summed E-state index contributed by atoms with van der Waals surface area (Å²) in [6, 6.07) is 27.7. The lowest BCUT2D eigenvalue weighted by atomic mass is 9.87. The summed E-state index contributed by atoms with van der Waals surface area (Å²) in [5.41, 5.74) is 8.01. The van der Waals surface area contributed by atoms with Crippen LogP contribution >= 0.6 is 0 Å². The molecule has 4 nitrogen and oxygen atoms in total. The Hall–Kier alpha value is -2.95. The highest BCUT2D eigenvalue weighted by molar-refractivity contribution is 5.74. The third-order valence-electron chi connectivity index (χ3n) is 5.47. The van der Waals surface area contributed by atoms with E-state index in [9.17, 15) is 4.79 Å². The first-order valence-electron chi connectivity index (χ1n) is 9.66. The third kappa shape index (κ3) is 3.84. The maximum atomic E-state index is 11.6. The van der Waals surface area contributed by atoms with Gasteiger partial charge in [-0.25, -0.2) is 5.48 Å². The van der Waals surface area contributed by atoms with Crippen molar-refractivity contribution in [1.82, 2.24) is 10.4 Å². The number of nitrogens with one attached hydrogen (secondary N) is 1. The second kappa shape index (κ2) is 8.38.